The number of carboxylic acids is 1. The zero-order chi connectivity index (χ0) is 19.8. The Hall–Kier alpha value is -2.58. The van der Waals surface area contributed by atoms with Crippen molar-refractivity contribution in [2.24, 2.45) is 13.0 Å². The number of nitrogens with one attached hydrogen (secondary N) is 1. The molecular formula is C17H27N5O4. The van der Waals surface area contributed by atoms with Gasteiger partial charge in [-0.25, -0.2) is 4.79 Å². The molecule has 0 saturated carbocycles. The molecule has 3 atom stereocenters. The second kappa shape index (κ2) is 7.35. The Balaban J connectivity index is 2.20. The molecule has 2 N–H and O–H groups in total. The van der Waals surface area contributed by atoms with E-state index in [9.17, 15) is 14.4 Å². The molecule has 0 radical (unpaired) electrons. The summed E-state index contributed by atoms with van der Waals surface area (Å²) in [5.41, 5.74) is 2.71. The van der Waals surface area contributed by atoms with E-state index >= 15 is 0 Å². The van der Waals surface area contributed by atoms with Crippen LogP contribution in [-0.4, -0.2) is 69.3 Å². The number of hydrogen-bond donors (Lipinski definition) is 2. The van der Waals surface area contributed by atoms with Crippen LogP contribution < -0.4 is 5.32 Å². The van der Waals surface area contributed by atoms with Crippen LogP contribution in [0.3, 0.4) is 0 Å². The highest BCUT2D eigenvalue weighted by Crippen LogP contribution is 2.35. The number of likely N-dealkylation sites (tertiary alicyclic amines) is 1. The van der Waals surface area contributed by atoms with Gasteiger partial charge in [0, 0.05) is 45.4 Å². The van der Waals surface area contributed by atoms with Crippen molar-refractivity contribution in [3.8, 4) is 0 Å². The molecule has 1 aromatic heterocycles. The summed E-state index contributed by atoms with van der Waals surface area (Å²) in [5.74, 6) is -1.68. The SMILES string of the molecule is Cc1nn(C)c(C)c1[C@H]1[C@H](NC(=O)N(C)CC(C)C(=O)O)CC(=O)N1C. The molecule has 26 heavy (non-hydrogen) atoms. The van der Waals surface area contributed by atoms with Crippen LogP contribution in [-0.2, 0) is 16.6 Å². The van der Waals surface area contributed by atoms with Gasteiger partial charge in [0.2, 0.25) is 5.91 Å². The third kappa shape index (κ3) is 3.66. The lowest BCUT2D eigenvalue weighted by Gasteiger charge is -2.28. The monoisotopic (exact) mass is 365 g/mol. The fraction of sp³-hybridized carbons (Fsp3) is 0.647. The van der Waals surface area contributed by atoms with Crippen molar-refractivity contribution in [1.29, 1.82) is 0 Å². The van der Waals surface area contributed by atoms with Gasteiger partial charge < -0.3 is 20.2 Å². The van der Waals surface area contributed by atoms with Crippen molar-refractivity contribution >= 4 is 17.9 Å². The van der Waals surface area contributed by atoms with Gasteiger partial charge in [-0.2, -0.15) is 5.10 Å². The van der Waals surface area contributed by atoms with E-state index in [-0.39, 0.29) is 24.9 Å². The summed E-state index contributed by atoms with van der Waals surface area (Å²) in [5, 5.41) is 16.3. The molecule has 144 valence electrons. The Bertz CT molecular complexity index is 729. The number of nitrogens with zero attached hydrogens (tertiary/aromatic N) is 4. The summed E-state index contributed by atoms with van der Waals surface area (Å²) < 4.78 is 1.76. The molecule has 1 aliphatic heterocycles. The number of aliphatic carboxylic acids is 1. The third-order valence-corrected chi connectivity index (χ3v) is 5.07. The minimum atomic E-state index is -0.958. The number of aromatic nitrogens is 2. The number of carbonyl (C=O) groups excluding carboxylic acids is 2. The fourth-order valence-corrected chi connectivity index (χ4v) is 3.45. The first kappa shape index (κ1) is 19.7. The van der Waals surface area contributed by atoms with Gasteiger partial charge in [0.25, 0.3) is 0 Å². The average Bonchev–Trinajstić information content (AvgIpc) is 2.95. The highest BCUT2D eigenvalue weighted by atomic mass is 16.4. The van der Waals surface area contributed by atoms with E-state index in [1.165, 1.54) is 4.90 Å². The van der Waals surface area contributed by atoms with E-state index in [1.807, 2.05) is 20.9 Å². The minimum absolute atomic E-state index is 0.0514. The topological polar surface area (TPSA) is 108 Å². The molecule has 0 bridgehead atoms. The van der Waals surface area contributed by atoms with Crippen molar-refractivity contribution in [3.63, 3.8) is 0 Å². The van der Waals surface area contributed by atoms with Crippen LogP contribution in [0.15, 0.2) is 0 Å². The van der Waals surface area contributed by atoms with Gasteiger partial charge in [-0.05, 0) is 13.8 Å². The lowest BCUT2D eigenvalue weighted by molar-refractivity contribution is -0.141. The van der Waals surface area contributed by atoms with Crippen molar-refractivity contribution in [2.45, 2.75) is 39.3 Å². The van der Waals surface area contributed by atoms with Crippen LogP contribution in [0.1, 0.15) is 36.3 Å². The van der Waals surface area contributed by atoms with Crippen molar-refractivity contribution < 1.29 is 19.5 Å². The predicted molar refractivity (Wildman–Crippen MR) is 94.6 cm³/mol. The number of likely N-dealkylation sites (N-methyl/N-ethyl adjacent to an activating group) is 1. The average molecular weight is 365 g/mol. The molecule has 0 aromatic carbocycles. The molecule has 2 rings (SSSR count). The zero-order valence-corrected chi connectivity index (χ0v) is 16.1. The first-order valence-electron chi connectivity index (χ1n) is 8.54. The van der Waals surface area contributed by atoms with E-state index in [0.717, 1.165) is 17.0 Å². The molecule has 0 aliphatic carbocycles. The third-order valence-electron chi connectivity index (χ3n) is 5.07. The van der Waals surface area contributed by atoms with E-state index in [1.54, 1.807) is 30.6 Å². The molecule has 2 heterocycles. The molecule has 1 unspecified atom stereocenters. The quantitative estimate of drug-likeness (QED) is 0.797. The first-order chi connectivity index (χ1) is 12.0. The smallest absolute Gasteiger partial charge is 0.317 e. The van der Waals surface area contributed by atoms with Gasteiger partial charge in [-0.3, -0.25) is 14.3 Å². The van der Waals surface area contributed by atoms with Crippen LogP contribution in [0.4, 0.5) is 4.79 Å². The number of hydrogen-bond acceptors (Lipinski definition) is 4. The molecular weight excluding hydrogens is 338 g/mol. The van der Waals surface area contributed by atoms with Gasteiger partial charge in [0.15, 0.2) is 0 Å². The van der Waals surface area contributed by atoms with Crippen molar-refractivity contribution in [2.75, 3.05) is 20.6 Å². The Morgan fingerprint density at radius 2 is 2.00 bits per heavy atom. The van der Waals surface area contributed by atoms with Crippen LogP contribution in [0, 0.1) is 19.8 Å². The van der Waals surface area contributed by atoms with E-state index in [0.29, 0.717) is 0 Å². The van der Waals surface area contributed by atoms with E-state index < -0.39 is 24.0 Å². The Morgan fingerprint density at radius 3 is 2.50 bits per heavy atom. The second-order valence-corrected chi connectivity index (χ2v) is 7.04. The molecule has 1 fully saturated rings. The number of carbonyl (C=O) groups is 3. The Labute approximate surface area is 152 Å². The van der Waals surface area contributed by atoms with Crippen LogP contribution in [0.2, 0.25) is 0 Å². The van der Waals surface area contributed by atoms with Gasteiger partial charge >= 0.3 is 12.0 Å². The second-order valence-electron chi connectivity index (χ2n) is 7.04. The standard InChI is InChI=1S/C17H27N5O4/c1-9(16(24)25)8-20(4)17(26)18-12-7-13(23)21(5)15(12)14-10(2)19-22(6)11(14)3/h9,12,15H,7-8H2,1-6H3,(H,18,26)(H,24,25)/t9?,12-,15-/m1/s1. The molecule has 0 spiro atoms. The number of urea groups is 1. The highest BCUT2D eigenvalue weighted by Gasteiger charge is 2.42. The maximum atomic E-state index is 12.5. The normalized spacial score (nSPS) is 21.0. The Kier molecular flexibility index (Phi) is 5.58. The fourth-order valence-electron chi connectivity index (χ4n) is 3.45. The summed E-state index contributed by atoms with van der Waals surface area (Å²) >= 11 is 0. The van der Waals surface area contributed by atoms with Gasteiger partial charge in [-0.1, -0.05) is 6.92 Å². The van der Waals surface area contributed by atoms with Crippen LogP contribution >= 0.6 is 0 Å². The number of rotatable bonds is 5. The van der Waals surface area contributed by atoms with Gasteiger partial charge in [0.1, 0.15) is 0 Å². The predicted octanol–water partition coefficient (Wildman–Crippen LogP) is 0.671. The Morgan fingerprint density at radius 1 is 1.38 bits per heavy atom. The molecule has 1 aliphatic rings. The largest absolute Gasteiger partial charge is 0.481 e. The van der Waals surface area contributed by atoms with Crippen molar-refractivity contribution in [1.82, 2.24) is 24.9 Å². The van der Waals surface area contributed by atoms with Gasteiger partial charge in [0.05, 0.1) is 23.7 Å². The lowest BCUT2D eigenvalue weighted by Crippen LogP contribution is -2.47. The maximum absolute atomic E-state index is 12.5. The summed E-state index contributed by atoms with van der Waals surface area (Å²) in [7, 11) is 5.11. The van der Waals surface area contributed by atoms with Crippen LogP contribution in [0.5, 0.6) is 0 Å². The highest BCUT2D eigenvalue weighted by molar-refractivity contribution is 5.83. The maximum Gasteiger partial charge on any atom is 0.317 e. The zero-order valence-electron chi connectivity index (χ0n) is 16.1. The van der Waals surface area contributed by atoms with Crippen molar-refractivity contribution in [3.05, 3.63) is 17.0 Å². The van der Waals surface area contributed by atoms with E-state index in [4.69, 9.17) is 5.11 Å². The first-order valence-corrected chi connectivity index (χ1v) is 8.54. The number of amides is 3. The minimum Gasteiger partial charge on any atom is -0.481 e. The van der Waals surface area contributed by atoms with Crippen LogP contribution in [0.25, 0.3) is 0 Å². The molecule has 9 nitrogen and oxygen atoms in total. The number of aryl methyl sites for hydroxylation is 2. The van der Waals surface area contributed by atoms with Gasteiger partial charge in [-0.15, -0.1) is 0 Å². The molecule has 3 amide bonds. The summed E-state index contributed by atoms with van der Waals surface area (Å²) in [6.45, 7) is 5.46. The lowest BCUT2D eigenvalue weighted by atomic mass is 9.98. The summed E-state index contributed by atoms with van der Waals surface area (Å²) in [6.07, 6.45) is 0.197. The molecule has 1 saturated heterocycles. The van der Waals surface area contributed by atoms with E-state index in [2.05, 4.69) is 10.4 Å². The molecule has 9 heteroatoms. The number of carboxylic acid groups (broad SMARTS) is 1. The molecule has 1 aromatic rings. The summed E-state index contributed by atoms with van der Waals surface area (Å²) in [6, 6.07) is -1.09. The summed E-state index contributed by atoms with van der Waals surface area (Å²) in [4.78, 5) is 38.7.